The van der Waals surface area contributed by atoms with Crippen molar-refractivity contribution in [3.63, 3.8) is 0 Å². The number of benzene rings is 2. The Hall–Kier alpha value is -3.58. The van der Waals surface area contributed by atoms with Crippen LogP contribution >= 0.6 is 0 Å². The Labute approximate surface area is 217 Å². The number of rotatable bonds is 8. The van der Waals surface area contributed by atoms with E-state index in [9.17, 15) is 19.8 Å². The van der Waals surface area contributed by atoms with Crippen LogP contribution in [-0.4, -0.2) is 38.9 Å². The third-order valence-electron chi connectivity index (χ3n) is 7.34. The van der Waals surface area contributed by atoms with Crippen molar-refractivity contribution < 1.29 is 29.6 Å². The molecule has 1 amide bonds. The lowest BCUT2D eigenvalue weighted by atomic mass is 9.84. The number of carbonyl (C=O) groups excluding carboxylic acids is 1. The van der Waals surface area contributed by atoms with Gasteiger partial charge in [-0.2, -0.15) is 0 Å². The lowest BCUT2D eigenvalue weighted by Crippen LogP contribution is -2.49. The highest BCUT2D eigenvalue weighted by molar-refractivity contribution is 6.11. The summed E-state index contributed by atoms with van der Waals surface area (Å²) in [5.41, 5.74) is 3.96. The molecule has 2 aliphatic heterocycles. The minimum Gasteiger partial charge on any atom is -0.508 e. The molecule has 2 atom stereocenters. The van der Waals surface area contributed by atoms with Crippen LogP contribution in [0.3, 0.4) is 0 Å². The summed E-state index contributed by atoms with van der Waals surface area (Å²) in [6.07, 6.45) is 7.16. The third-order valence-corrected chi connectivity index (χ3v) is 7.34. The standard InChI is InChI=1S/C30H35NO6/c1-18(2)7-5-8-19(3)9-6-14-30(4)26(33)16-23-25(32)15-22-24(27(23)37-30)17-31(28(22)34)21-12-10-20(11-13-21)29(35)36/h7,9-13,15,26,32-33H,5-6,8,14,16-17H2,1-4H3,(H,35,36)/t26-,30-/m0/s1. The highest BCUT2D eigenvalue weighted by Crippen LogP contribution is 2.47. The Bertz CT molecular complexity index is 1270. The Morgan fingerprint density at radius 3 is 2.49 bits per heavy atom. The second-order valence-corrected chi connectivity index (χ2v) is 10.5. The maximum atomic E-state index is 13.2. The molecule has 0 saturated carbocycles. The highest BCUT2D eigenvalue weighted by atomic mass is 16.5. The smallest absolute Gasteiger partial charge is 0.335 e. The Morgan fingerprint density at radius 2 is 1.84 bits per heavy atom. The van der Waals surface area contributed by atoms with Crippen LogP contribution in [-0.2, 0) is 13.0 Å². The number of ether oxygens (including phenoxy) is 1. The summed E-state index contributed by atoms with van der Waals surface area (Å²) in [5.74, 6) is -0.931. The summed E-state index contributed by atoms with van der Waals surface area (Å²) in [5, 5.41) is 30.9. The Balaban J connectivity index is 1.55. The number of carboxylic acid groups (broad SMARTS) is 1. The maximum Gasteiger partial charge on any atom is 0.335 e. The van der Waals surface area contributed by atoms with Gasteiger partial charge < -0.3 is 25.0 Å². The largest absolute Gasteiger partial charge is 0.508 e. The van der Waals surface area contributed by atoms with Crippen molar-refractivity contribution in [3.05, 3.63) is 75.9 Å². The number of aliphatic hydroxyl groups is 1. The SMILES string of the molecule is CC(C)=CCCC(C)=CCC[C@]1(C)Oc2c(c(O)cc3c2CN(c2ccc(C(=O)O)cc2)C3=O)C[C@@H]1O. The molecule has 4 rings (SSSR count). The zero-order valence-electron chi connectivity index (χ0n) is 21.9. The fourth-order valence-electron chi connectivity index (χ4n) is 4.99. The number of phenols is 1. The molecule has 7 heteroatoms. The van der Waals surface area contributed by atoms with Gasteiger partial charge in [-0.15, -0.1) is 0 Å². The van der Waals surface area contributed by atoms with Crippen molar-refractivity contribution in [1.82, 2.24) is 0 Å². The normalized spacial score (nSPS) is 20.8. The van der Waals surface area contributed by atoms with E-state index in [1.807, 2.05) is 6.92 Å². The number of nitrogens with zero attached hydrogens (tertiary/aromatic N) is 1. The third kappa shape index (κ3) is 5.42. The van der Waals surface area contributed by atoms with E-state index in [0.29, 0.717) is 34.5 Å². The number of aromatic carboxylic acids is 1. The summed E-state index contributed by atoms with van der Waals surface area (Å²) in [6, 6.07) is 7.56. The first kappa shape index (κ1) is 26.5. The average Bonchev–Trinajstić information content (AvgIpc) is 3.16. The first-order valence-electron chi connectivity index (χ1n) is 12.7. The van der Waals surface area contributed by atoms with E-state index in [2.05, 4.69) is 32.9 Å². The van der Waals surface area contributed by atoms with Crippen LogP contribution in [0.4, 0.5) is 5.69 Å². The molecule has 0 fully saturated rings. The van der Waals surface area contributed by atoms with Crippen molar-refractivity contribution in [2.75, 3.05) is 4.90 Å². The second-order valence-electron chi connectivity index (χ2n) is 10.5. The monoisotopic (exact) mass is 505 g/mol. The Kier molecular flexibility index (Phi) is 7.46. The van der Waals surface area contributed by atoms with Crippen LogP contribution < -0.4 is 9.64 Å². The van der Waals surface area contributed by atoms with E-state index >= 15 is 0 Å². The summed E-state index contributed by atoms with van der Waals surface area (Å²) in [6.45, 7) is 8.41. The van der Waals surface area contributed by atoms with Crippen molar-refractivity contribution in [1.29, 1.82) is 0 Å². The predicted molar refractivity (Wildman–Crippen MR) is 142 cm³/mol. The van der Waals surface area contributed by atoms with Gasteiger partial charge in [0, 0.05) is 23.2 Å². The van der Waals surface area contributed by atoms with Crippen molar-refractivity contribution in [2.24, 2.45) is 0 Å². The number of amides is 1. The molecule has 7 nitrogen and oxygen atoms in total. The number of fused-ring (bicyclic) bond motifs is 3. The first-order valence-corrected chi connectivity index (χ1v) is 12.7. The maximum absolute atomic E-state index is 13.2. The topological polar surface area (TPSA) is 107 Å². The molecule has 2 aliphatic rings. The van der Waals surface area contributed by atoms with Gasteiger partial charge in [0.05, 0.1) is 23.8 Å². The van der Waals surface area contributed by atoms with Crippen LogP contribution in [0.5, 0.6) is 11.5 Å². The van der Waals surface area contributed by atoms with Gasteiger partial charge in [0.2, 0.25) is 0 Å². The Morgan fingerprint density at radius 1 is 1.14 bits per heavy atom. The van der Waals surface area contributed by atoms with E-state index in [4.69, 9.17) is 9.84 Å². The molecule has 37 heavy (non-hydrogen) atoms. The zero-order chi connectivity index (χ0) is 26.9. The van der Waals surface area contributed by atoms with Crippen LogP contribution in [0.25, 0.3) is 0 Å². The molecule has 196 valence electrons. The van der Waals surface area contributed by atoms with Gasteiger partial charge in [0.25, 0.3) is 5.91 Å². The molecule has 3 N–H and O–H groups in total. The molecule has 0 aromatic heterocycles. The molecular formula is C30H35NO6. The number of aromatic hydroxyl groups is 1. The minimum atomic E-state index is -1.04. The fraction of sp³-hybridized carbons (Fsp3) is 0.400. The molecule has 0 unspecified atom stereocenters. The lowest BCUT2D eigenvalue weighted by molar-refractivity contribution is -0.0597. The molecule has 0 saturated heterocycles. The van der Waals surface area contributed by atoms with E-state index in [0.717, 1.165) is 19.3 Å². The average molecular weight is 506 g/mol. The first-order chi connectivity index (χ1) is 17.5. The number of allylic oxidation sites excluding steroid dienone is 4. The van der Waals surface area contributed by atoms with Gasteiger partial charge in [-0.25, -0.2) is 4.79 Å². The highest BCUT2D eigenvalue weighted by Gasteiger charge is 2.44. The van der Waals surface area contributed by atoms with Gasteiger partial charge in [-0.05, 0) is 83.7 Å². The zero-order valence-corrected chi connectivity index (χ0v) is 21.9. The molecule has 2 heterocycles. The molecular weight excluding hydrogens is 470 g/mol. The van der Waals surface area contributed by atoms with Crippen LogP contribution in [0.2, 0.25) is 0 Å². The van der Waals surface area contributed by atoms with Crippen LogP contribution in [0.15, 0.2) is 53.6 Å². The molecule has 2 aromatic rings. The number of carbonyl (C=O) groups is 2. The van der Waals surface area contributed by atoms with E-state index in [-0.39, 0.29) is 30.2 Å². The number of anilines is 1. The van der Waals surface area contributed by atoms with Crippen molar-refractivity contribution in [2.45, 2.75) is 78.0 Å². The summed E-state index contributed by atoms with van der Waals surface area (Å²) in [4.78, 5) is 26.0. The van der Waals surface area contributed by atoms with Crippen molar-refractivity contribution >= 4 is 17.6 Å². The van der Waals surface area contributed by atoms with E-state index in [1.165, 1.54) is 29.3 Å². The molecule has 0 bridgehead atoms. The number of phenolic OH excluding ortho intramolecular Hbond substituents is 1. The van der Waals surface area contributed by atoms with Crippen LogP contribution in [0.1, 0.15) is 85.2 Å². The van der Waals surface area contributed by atoms with Crippen LogP contribution in [0, 0.1) is 0 Å². The van der Waals surface area contributed by atoms with E-state index in [1.54, 1.807) is 17.0 Å². The number of hydrogen-bond acceptors (Lipinski definition) is 5. The lowest BCUT2D eigenvalue weighted by Gasteiger charge is -2.40. The quantitative estimate of drug-likeness (QED) is 0.393. The molecule has 0 aliphatic carbocycles. The number of carboxylic acids is 1. The summed E-state index contributed by atoms with van der Waals surface area (Å²) in [7, 11) is 0. The van der Waals surface area contributed by atoms with Gasteiger partial charge in [0.1, 0.15) is 17.1 Å². The van der Waals surface area contributed by atoms with Gasteiger partial charge in [-0.1, -0.05) is 23.3 Å². The second kappa shape index (κ2) is 10.4. The minimum absolute atomic E-state index is 0.0683. The van der Waals surface area contributed by atoms with Crippen molar-refractivity contribution in [3.8, 4) is 11.5 Å². The summed E-state index contributed by atoms with van der Waals surface area (Å²) < 4.78 is 6.43. The number of hydrogen-bond donors (Lipinski definition) is 3. The fourth-order valence-corrected chi connectivity index (χ4v) is 4.99. The molecule has 0 radical (unpaired) electrons. The molecule has 0 spiro atoms. The van der Waals surface area contributed by atoms with Gasteiger partial charge in [-0.3, -0.25) is 4.79 Å². The number of aliphatic hydroxyl groups excluding tert-OH is 1. The van der Waals surface area contributed by atoms with Gasteiger partial charge in [0.15, 0.2) is 0 Å². The molecule has 2 aromatic carbocycles. The summed E-state index contributed by atoms with van der Waals surface area (Å²) >= 11 is 0. The predicted octanol–water partition coefficient (Wildman–Crippen LogP) is 5.78. The van der Waals surface area contributed by atoms with E-state index < -0.39 is 17.7 Å². The van der Waals surface area contributed by atoms with Gasteiger partial charge >= 0.3 is 5.97 Å².